The third-order valence-corrected chi connectivity index (χ3v) is 4.76. The van der Waals surface area contributed by atoms with Crippen molar-refractivity contribution in [2.24, 2.45) is 0 Å². The zero-order chi connectivity index (χ0) is 17.1. The van der Waals surface area contributed by atoms with Crippen LogP contribution in [0, 0.1) is 6.92 Å². The third kappa shape index (κ3) is 3.68. The van der Waals surface area contributed by atoms with Crippen LogP contribution in [0.25, 0.3) is 11.5 Å². The Balaban J connectivity index is 1.64. The number of furan rings is 1. The Hall–Kier alpha value is -2.12. The quantitative estimate of drug-likeness (QED) is 0.681. The maximum atomic E-state index is 12.2. The average Bonchev–Trinajstić information content (AvgIpc) is 3.21. The minimum Gasteiger partial charge on any atom is -0.496 e. The summed E-state index contributed by atoms with van der Waals surface area (Å²) in [6, 6.07) is 8.88. The average molecular weight is 407 g/mol. The first-order valence-electron chi connectivity index (χ1n) is 7.20. The fourth-order valence-corrected chi connectivity index (χ4v) is 3.31. The van der Waals surface area contributed by atoms with E-state index in [0.29, 0.717) is 29.4 Å². The number of hydrogen-bond donors (Lipinski definition) is 1. The molecule has 1 N–H and O–H groups in total. The van der Waals surface area contributed by atoms with Gasteiger partial charge in [0, 0.05) is 10.9 Å². The summed E-state index contributed by atoms with van der Waals surface area (Å²) < 4.78 is 11.6. The van der Waals surface area contributed by atoms with Crippen LogP contribution in [-0.4, -0.2) is 18.0 Å². The molecule has 2 aromatic heterocycles. The van der Waals surface area contributed by atoms with E-state index in [9.17, 15) is 4.79 Å². The van der Waals surface area contributed by atoms with Gasteiger partial charge >= 0.3 is 0 Å². The smallest absolute Gasteiger partial charge is 0.251 e. The molecule has 0 aliphatic carbocycles. The van der Waals surface area contributed by atoms with Crippen LogP contribution < -0.4 is 10.1 Å². The van der Waals surface area contributed by atoms with Crippen molar-refractivity contribution in [2.45, 2.75) is 13.5 Å². The standard InChI is InChI=1S/C17H15BrN2O3S/c1-10-20-14(9-24-10)16-6-4-12(23-16)8-19-17(21)11-3-5-15(22-2)13(18)7-11/h3-7,9H,8H2,1-2H3,(H,19,21). The zero-order valence-corrected chi connectivity index (χ0v) is 15.5. The minimum atomic E-state index is -0.180. The molecule has 0 atom stereocenters. The highest BCUT2D eigenvalue weighted by Gasteiger charge is 2.11. The second-order valence-electron chi connectivity index (χ2n) is 5.05. The molecule has 0 saturated heterocycles. The van der Waals surface area contributed by atoms with Crippen molar-refractivity contribution in [1.82, 2.24) is 10.3 Å². The lowest BCUT2D eigenvalue weighted by Crippen LogP contribution is -2.22. The fraction of sp³-hybridized carbons (Fsp3) is 0.176. The van der Waals surface area contributed by atoms with Gasteiger partial charge in [-0.15, -0.1) is 11.3 Å². The second-order valence-corrected chi connectivity index (χ2v) is 6.97. The van der Waals surface area contributed by atoms with E-state index < -0.39 is 0 Å². The van der Waals surface area contributed by atoms with Gasteiger partial charge < -0.3 is 14.5 Å². The first-order valence-corrected chi connectivity index (χ1v) is 8.87. The summed E-state index contributed by atoms with van der Waals surface area (Å²) in [7, 11) is 1.58. The molecular formula is C17H15BrN2O3S. The number of nitrogens with zero attached hydrogens (tertiary/aromatic N) is 1. The molecule has 0 aliphatic rings. The normalized spacial score (nSPS) is 10.6. The van der Waals surface area contributed by atoms with Crippen LogP contribution in [0.3, 0.4) is 0 Å². The van der Waals surface area contributed by atoms with Crippen LogP contribution in [-0.2, 0) is 6.54 Å². The third-order valence-electron chi connectivity index (χ3n) is 3.37. The van der Waals surface area contributed by atoms with Crippen molar-refractivity contribution >= 4 is 33.2 Å². The molecule has 1 aromatic carbocycles. The van der Waals surface area contributed by atoms with Crippen molar-refractivity contribution in [2.75, 3.05) is 7.11 Å². The number of rotatable bonds is 5. The van der Waals surface area contributed by atoms with Crippen molar-refractivity contribution in [1.29, 1.82) is 0 Å². The Morgan fingerprint density at radius 2 is 2.21 bits per heavy atom. The summed E-state index contributed by atoms with van der Waals surface area (Å²) in [5.41, 5.74) is 1.36. The fourth-order valence-electron chi connectivity index (χ4n) is 2.16. The molecular weight excluding hydrogens is 392 g/mol. The van der Waals surface area contributed by atoms with Crippen LogP contribution >= 0.6 is 27.3 Å². The Morgan fingerprint density at radius 1 is 1.38 bits per heavy atom. The van der Waals surface area contributed by atoms with Gasteiger partial charge in [-0.05, 0) is 53.2 Å². The largest absolute Gasteiger partial charge is 0.496 e. The number of methoxy groups -OCH3 is 1. The summed E-state index contributed by atoms with van der Waals surface area (Å²) in [5, 5.41) is 5.77. The highest BCUT2D eigenvalue weighted by Crippen LogP contribution is 2.26. The maximum absolute atomic E-state index is 12.2. The Labute approximate surface area is 151 Å². The predicted octanol–water partition coefficient (Wildman–Crippen LogP) is 4.41. The number of hydrogen-bond acceptors (Lipinski definition) is 5. The van der Waals surface area contributed by atoms with E-state index in [1.54, 1.807) is 36.6 Å². The molecule has 0 saturated carbocycles. The van der Waals surface area contributed by atoms with Gasteiger partial charge in [0.15, 0.2) is 5.76 Å². The summed E-state index contributed by atoms with van der Waals surface area (Å²) in [6.07, 6.45) is 0. The first kappa shape index (κ1) is 16.7. The molecule has 1 amide bonds. The van der Waals surface area contributed by atoms with E-state index in [0.717, 1.165) is 15.2 Å². The van der Waals surface area contributed by atoms with Gasteiger partial charge in [-0.3, -0.25) is 4.79 Å². The molecule has 24 heavy (non-hydrogen) atoms. The lowest BCUT2D eigenvalue weighted by molar-refractivity contribution is 0.0948. The highest BCUT2D eigenvalue weighted by molar-refractivity contribution is 9.10. The number of nitrogens with one attached hydrogen (secondary N) is 1. The molecule has 0 bridgehead atoms. The number of thiazole rings is 1. The summed E-state index contributed by atoms with van der Waals surface area (Å²) in [6.45, 7) is 2.26. The molecule has 0 radical (unpaired) electrons. The topological polar surface area (TPSA) is 64.4 Å². The van der Waals surface area contributed by atoms with Gasteiger partial charge in [0.2, 0.25) is 0 Å². The monoisotopic (exact) mass is 406 g/mol. The van der Waals surface area contributed by atoms with Gasteiger partial charge in [0.1, 0.15) is 17.2 Å². The molecule has 3 rings (SSSR count). The second kappa shape index (κ2) is 7.19. The number of carbonyl (C=O) groups is 1. The zero-order valence-electron chi connectivity index (χ0n) is 13.1. The van der Waals surface area contributed by atoms with Gasteiger partial charge in [-0.25, -0.2) is 4.98 Å². The van der Waals surface area contributed by atoms with E-state index in [1.807, 2.05) is 24.4 Å². The van der Waals surface area contributed by atoms with Crippen molar-refractivity contribution in [3.8, 4) is 17.2 Å². The Morgan fingerprint density at radius 3 is 2.88 bits per heavy atom. The molecule has 7 heteroatoms. The Kier molecular flexibility index (Phi) is 5.01. The van der Waals surface area contributed by atoms with Crippen LogP contribution in [0.4, 0.5) is 0 Å². The first-order chi connectivity index (χ1) is 11.6. The maximum Gasteiger partial charge on any atom is 0.251 e. The number of benzene rings is 1. The predicted molar refractivity (Wildman–Crippen MR) is 96.4 cm³/mol. The summed E-state index contributed by atoms with van der Waals surface area (Å²) in [5.74, 6) is 1.88. The molecule has 3 aromatic rings. The summed E-state index contributed by atoms with van der Waals surface area (Å²) in [4.78, 5) is 16.6. The number of ether oxygens (including phenoxy) is 1. The number of amides is 1. The van der Waals surface area contributed by atoms with Gasteiger partial charge in [0.05, 0.1) is 23.1 Å². The summed E-state index contributed by atoms with van der Waals surface area (Å²) >= 11 is 4.95. The highest BCUT2D eigenvalue weighted by atomic mass is 79.9. The molecule has 0 fully saturated rings. The van der Waals surface area contributed by atoms with E-state index in [4.69, 9.17) is 9.15 Å². The van der Waals surface area contributed by atoms with Gasteiger partial charge in [0.25, 0.3) is 5.91 Å². The lowest BCUT2D eigenvalue weighted by atomic mass is 10.2. The van der Waals surface area contributed by atoms with Crippen LogP contribution in [0.5, 0.6) is 5.75 Å². The Bertz CT molecular complexity index is 872. The molecule has 0 aliphatic heterocycles. The number of aryl methyl sites for hydroxylation is 1. The van der Waals surface area contributed by atoms with E-state index in [-0.39, 0.29) is 5.91 Å². The van der Waals surface area contributed by atoms with Gasteiger partial charge in [-0.2, -0.15) is 0 Å². The van der Waals surface area contributed by atoms with Crippen molar-refractivity contribution in [3.05, 3.63) is 56.5 Å². The SMILES string of the molecule is COc1ccc(C(=O)NCc2ccc(-c3csc(C)n3)o2)cc1Br. The molecule has 5 nitrogen and oxygen atoms in total. The minimum absolute atomic E-state index is 0.180. The molecule has 2 heterocycles. The van der Waals surface area contributed by atoms with E-state index >= 15 is 0 Å². The van der Waals surface area contributed by atoms with Crippen LogP contribution in [0.15, 0.2) is 44.6 Å². The molecule has 0 spiro atoms. The number of halogens is 1. The number of carbonyl (C=O) groups excluding carboxylic acids is 1. The van der Waals surface area contributed by atoms with E-state index in [2.05, 4.69) is 26.2 Å². The van der Waals surface area contributed by atoms with Crippen molar-refractivity contribution in [3.63, 3.8) is 0 Å². The number of aromatic nitrogens is 1. The van der Waals surface area contributed by atoms with Crippen LogP contribution in [0.2, 0.25) is 0 Å². The van der Waals surface area contributed by atoms with E-state index in [1.165, 1.54) is 0 Å². The van der Waals surface area contributed by atoms with Crippen LogP contribution in [0.1, 0.15) is 21.1 Å². The lowest BCUT2D eigenvalue weighted by Gasteiger charge is -2.07. The molecule has 124 valence electrons. The molecule has 0 unspecified atom stereocenters. The van der Waals surface area contributed by atoms with Gasteiger partial charge in [-0.1, -0.05) is 0 Å². The van der Waals surface area contributed by atoms with Crippen molar-refractivity contribution < 1.29 is 13.9 Å².